The summed E-state index contributed by atoms with van der Waals surface area (Å²) in [5, 5.41) is 9.01. The van der Waals surface area contributed by atoms with Gasteiger partial charge in [-0.15, -0.1) is 0 Å². The van der Waals surface area contributed by atoms with Crippen LogP contribution >= 0.6 is 11.6 Å². The molecule has 0 atom stereocenters. The molecule has 2 rings (SSSR count). The van der Waals surface area contributed by atoms with Crippen molar-refractivity contribution in [2.24, 2.45) is 0 Å². The molecule has 0 fully saturated rings. The van der Waals surface area contributed by atoms with E-state index in [2.05, 4.69) is 4.98 Å². The first-order chi connectivity index (χ1) is 10.4. The van der Waals surface area contributed by atoms with Crippen molar-refractivity contribution in [3.05, 3.63) is 46.9 Å². The standard InChI is InChI=1S/C15H13ClFNO4/c1-8(2)21-14-11(16)6-10(7-18-14)22-13-4-3-9(15(19)20)5-12(13)17/h3-8H,1-2H3,(H,19,20). The molecule has 0 saturated heterocycles. The van der Waals surface area contributed by atoms with Gasteiger partial charge in [0.2, 0.25) is 5.88 Å². The van der Waals surface area contributed by atoms with Gasteiger partial charge in [0, 0.05) is 6.07 Å². The fourth-order valence-corrected chi connectivity index (χ4v) is 1.82. The third kappa shape index (κ3) is 3.85. The van der Waals surface area contributed by atoms with Crippen molar-refractivity contribution < 1.29 is 23.8 Å². The highest BCUT2D eigenvalue weighted by Gasteiger charge is 2.12. The molecule has 0 aliphatic rings. The lowest BCUT2D eigenvalue weighted by atomic mass is 10.2. The van der Waals surface area contributed by atoms with E-state index in [1.54, 1.807) is 0 Å². The van der Waals surface area contributed by atoms with Gasteiger partial charge >= 0.3 is 5.97 Å². The Kier molecular flexibility index (Phi) is 4.82. The Balaban J connectivity index is 2.20. The van der Waals surface area contributed by atoms with Crippen LogP contribution in [0.4, 0.5) is 4.39 Å². The first kappa shape index (κ1) is 16.0. The van der Waals surface area contributed by atoms with Crippen molar-refractivity contribution in [1.29, 1.82) is 0 Å². The van der Waals surface area contributed by atoms with Gasteiger partial charge in [0.05, 0.1) is 17.9 Å². The highest BCUT2D eigenvalue weighted by Crippen LogP contribution is 2.30. The quantitative estimate of drug-likeness (QED) is 0.894. The SMILES string of the molecule is CC(C)Oc1ncc(Oc2ccc(C(=O)O)cc2F)cc1Cl. The number of nitrogens with zero attached hydrogens (tertiary/aromatic N) is 1. The molecule has 116 valence electrons. The number of aromatic carboxylic acids is 1. The van der Waals surface area contributed by atoms with Crippen LogP contribution in [-0.4, -0.2) is 22.2 Å². The molecule has 1 aromatic heterocycles. The minimum atomic E-state index is -1.22. The van der Waals surface area contributed by atoms with E-state index in [-0.39, 0.29) is 34.1 Å². The average Bonchev–Trinajstić information content (AvgIpc) is 2.43. The number of hydrogen-bond donors (Lipinski definition) is 1. The molecule has 0 radical (unpaired) electrons. The molecular weight excluding hydrogens is 313 g/mol. The summed E-state index contributed by atoms with van der Waals surface area (Å²) in [6.07, 6.45) is 1.26. The lowest BCUT2D eigenvalue weighted by Crippen LogP contribution is -2.07. The highest BCUT2D eigenvalue weighted by molar-refractivity contribution is 6.31. The Morgan fingerprint density at radius 3 is 2.64 bits per heavy atom. The third-order valence-corrected chi connectivity index (χ3v) is 2.81. The lowest BCUT2D eigenvalue weighted by Gasteiger charge is -2.12. The minimum Gasteiger partial charge on any atom is -0.478 e. The number of ether oxygens (including phenoxy) is 2. The summed E-state index contributed by atoms with van der Waals surface area (Å²) in [5.41, 5.74) is -0.165. The highest BCUT2D eigenvalue weighted by atomic mass is 35.5. The van der Waals surface area contributed by atoms with E-state index in [0.29, 0.717) is 0 Å². The van der Waals surface area contributed by atoms with Crippen LogP contribution in [0.15, 0.2) is 30.5 Å². The molecule has 0 saturated carbocycles. The van der Waals surface area contributed by atoms with Crippen molar-refractivity contribution in [2.75, 3.05) is 0 Å². The summed E-state index contributed by atoms with van der Waals surface area (Å²) in [6, 6.07) is 4.79. The van der Waals surface area contributed by atoms with Crippen LogP contribution < -0.4 is 9.47 Å². The summed E-state index contributed by atoms with van der Waals surface area (Å²) in [5.74, 6) is -1.67. The van der Waals surface area contributed by atoms with E-state index in [4.69, 9.17) is 26.2 Å². The Morgan fingerprint density at radius 1 is 1.36 bits per heavy atom. The van der Waals surface area contributed by atoms with E-state index in [9.17, 15) is 9.18 Å². The van der Waals surface area contributed by atoms with Crippen molar-refractivity contribution >= 4 is 17.6 Å². The number of halogens is 2. The maximum absolute atomic E-state index is 13.8. The number of carboxylic acid groups (broad SMARTS) is 1. The zero-order valence-corrected chi connectivity index (χ0v) is 12.6. The van der Waals surface area contributed by atoms with Crippen LogP contribution in [0.2, 0.25) is 5.02 Å². The molecule has 7 heteroatoms. The van der Waals surface area contributed by atoms with Gasteiger partial charge in [0.15, 0.2) is 11.6 Å². The van der Waals surface area contributed by atoms with Crippen LogP contribution in [0.25, 0.3) is 0 Å². The van der Waals surface area contributed by atoms with E-state index in [1.165, 1.54) is 24.4 Å². The Morgan fingerprint density at radius 2 is 2.09 bits per heavy atom. The van der Waals surface area contributed by atoms with Gasteiger partial charge in [0.1, 0.15) is 10.8 Å². The lowest BCUT2D eigenvalue weighted by molar-refractivity contribution is 0.0696. The number of rotatable bonds is 5. The van der Waals surface area contributed by atoms with E-state index < -0.39 is 11.8 Å². The van der Waals surface area contributed by atoms with Gasteiger partial charge in [-0.2, -0.15) is 0 Å². The smallest absolute Gasteiger partial charge is 0.335 e. The zero-order valence-electron chi connectivity index (χ0n) is 11.8. The Labute approximate surface area is 131 Å². The number of carboxylic acids is 1. The predicted molar refractivity (Wildman–Crippen MR) is 78.4 cm³/mol. The second kappa shape index (κ2) is 6.62. The van der Waals surface area contributed by atoms with Crippen LogP contribution in [0.5, 0.6) is 17.4 Å². The largest absolute Gasteiger partial charge is 0.478 e. The number of carbonyl (C=O) groups is 1. The first-order valence-electron chi connectivity index (χ1n) is 6.39. The predicted octanol–water partition coefficient (Wildman–Crippen LogP) is 4.15. The van der Waals surface area contributed by atoms with Crippen molar-refractivity contribution in [1.82, 2.24) is 4.98 Å². The zero-order chi connectivity index (χ0) is 16.3. The molecule has 0 unspecified atom stereocenters. The van der Waals surface area contributed by atoms with Gasteiger partial charge in [-0.05, 0) is 32.0 Å². The number of aromatic nitrogens is 1. The molecule has 2 aromatic rings. The Hall–Kier alpha value is -2.34. The van der Waals surface area contributed by atoms with Crippen LogP contribution in [0, 0.1) is 5.82 Å². The van der Waals surface area contributed by atoms with Crippen LogP contribution in [0.3, 0.4) is 0 Å². The number of hydrogen-bond acceptors (Lipinski definition) is 4. The number of pyridine rings is 1. The summed E-state index contributed by atoms with van der Waals surface area (Å²) in [7, 11) is 0. The summed E-state index contributed by atoms with van der Waals surface area (Å²) < 4.78 is 24.5. The van der Waals surface area contributed by atoms with E-state index >= 15 is 0 Å². The van der Waals surface area contributed by atoms with Crippen molar-refractivity contribution in [3.8, 4) is 17.4 Å². The summed E-state index contributed by atoms with van der Waals surface area (Å²) in [4.78, 5) is 14.7. The molecule has 1 heterocycles. The van der Waals surface area contributed by atoms with Gasteiger partial charge < -0.3 is 14.6 Å². The molecule has 0 bridgehead atoms. The molecule has 1 N–H and O–H groups in total. The summed E-state index contributed by atoms with van der Waals surface area (Å²) in [6.45, 7) is 3.67. The average molecular weight is 326 g/mol. The topological polar surface area (TPSA) is 68.7 Å². The van der Waals surface area contributed by atoms with E-state index in [1.807, 2.05) is 13.8 Å². The maximum Gasteiger partial charge on any atom is 0.335 e. The second-order valence-electron chi connectivity index (χ2n) is 4.68. The van der Waals surface area contributed by atoms with Crippen molar-refractivity contribution in [3.63, 3.8) is 0 Å². The van der Waals surface area contributed by atoms with Gasteiger partial charge in [0.25, 0.3) is 0 Å². The number of benzene rings is 1. The summed E-state index contributed by atoms with van der Waals surface area (Å²) >= 11 is 6.01. The van der Waals surface area contributed by atoms with Gasteiger partial charge in [-0.1, -0.05) is 11.6 Å². The fourth-order valence-electron chi connectivity index (χ4n) is 1.62. The fraction of sp³-hybridized carbons (Fsp3) is 0.200. The van der Waals surface area contributed by atoms with Crippen molar-refractivity contribution in [2.45, 2.75) is 20.0 Å². The molecule has 1 aromatic carbocycles. The molecule has 0 spiro atoms. The normalized spacial score (nSPS) is 10.6. The van der Waals surface area contributed by atoms with Gasteiger partial charge in [-0.3, -0.25) is 0 Å². The third-order valence-electron chi connectivity index (χ3n) is 2.54. The van der Waals surface area contributed by atoms with Crippen LogP contribution in [-0.2, 0) is 0 Å². The maximum atomic E-state index is 13.8. The molecule has 0 amide bonds. The Bertz CT molecular complexity index is 706. The minimum absolute atomic E-state index is 0.0854. The molecule has 22 heavy (non-hydrogen) atoms. The van der Waals surface area contributed by atoms with Crippen LogP contribution in [0.1, 0.15) is 24.2 Å². The van der Waals surface area contributed by atoms with Gasteiger partial charge in [-0.25, -0.2) is 14.2 Å². The molecule has 5 nitrogen and oxygen atoms in total. The monoisotopic (exact) mass is 325 g/mol. The second-order valence-corrected chi connectivity index (χ2v) is 5.08. The molecule has 0 aliphatic carbocycles. The molecule has 0 aliphatic heterocycles. The van der Waals surface area contributed by atoms with E-state index in [0.717, 1.165) is 6.07 Å². The molecular formula is C15H13ClFNO4. The first-order valence-corrected chi connectivity index (χ1v) is 6.77.